The van der Waals surface area contributed by atoms with Crippen LogP contribution in [-0.4, -0.2) is 34.9 Å². The minimum Gasteiger partial charge on any atom is -0.304 e. The van der Waals surface area contributed by atoms with E-state index in [2.05, 4.69) is 82.3 Å². The summed E-state index contributed by atoms with van der Waals surface area (Å²) in [6.07, 6.45) is 1.80. The van der Waals surface area contributed by atoms with Crippen LogP contribution in [0.25, 0.3) is 79.6 Å². The molecule has 0 aliphatic carbocycles. The Morgan fingerprint density at radius 1 is 0.340 bits per heavy atom. The van der Waals surface area contributed by atoms with Crippen molar-refractivity contribution in [3.05, 3.63) is 162 Å². The molecule has 259 valence electrons. The number of hydrogen-bond donors (Lipinski definition) is 0. The SMILES string of the molecule is Cc1ccc(-c2nc(-c3c[c-]c(-c4ccc(-c5nc(-c6ccc(C)cc6)nc(-c6ccc(C)cc6)n5)cn4)cc3)nc(-c3ccc(C)cc3)n2)cc1.[Ir]. The maximum Gasteiger partial charge on any atom is 0.165 e. The van der Waals surface area contributed by atoms with Gasteiger partial charge in [0.2, 0.25) is 0 Å². The van der Waals surface area contributed by atoms with Gasteiger partial charge in [0, 0.05) is 54.1 Å². The van der Waals surface area contributed by atoms with Crippen LogP contribution in [0.2, 0.25) is 0 Å². The zero-order chi connectivity index (χ0) is 35.6. The van der Waals surface area contributed by atoms with E-state index < -0.39 is 0 Å². The first kappa shape index (κ1) is 35.3. The largest absolute Gasteiger partial charge is 0.304 e. The monoisotopic (exact) mass is 865 g/mol. The van der Waals surface area contributed by atoms with Crippen molar-refractivity contribution in [1.29, 1.82) is 0 Å². The van der Waals surface area contributed by atoms with Gasteiger partial charge in [-0.3, -0.25) is 0 Å². The maximum absolute atomic E-state index is 4.88. The predicted molar refractivity (Wildman–Crippen MR) is 207 cm³/mol. The van der Waals surface area contributed by atoms with Crippen molar-refractivity contribution < 1.29 is 20.1 Å². The Morgan fingerprint density at radius 2 is 0.642 bits per heavy atom. The third kappa shape index (κ3) is 7.90. The summed E-state index contributed by atoms with van der Waals surface area (Å²) in [5, 5.41) is 0. The number of pyridine rings is 1. The molecule has 0 saturated heterocycles. The van der Waals surface area contributed by atoms with Crippen molar-refractivity contribution in [2.24, 2.45) is 0 Å². The van der Waals surface area contributed by atoms with Gasteiger partial charge < -0.3 is 4.98 Å². The molecular weight excluding hydrogens is 831 g/mol. The summed E-state index contributed by atoms with van der Waals surface area (Å²) in [6, 6.07) is 46.1. The van der Waals surface area contributed by atoms with E-state index in [1.165, 1.54) is 22.3 Å². The molecule has 0 spiro atoms. The number of aryl methyl sites for hydroxylation is 4. The maximum atomic E-state index is 4.88. The van der Waals surface area contributed by atoms with Gasteiger partial charge in [-0.15, -0.1) is 29.8 Å². The van der Waals surface area contributed by atoms with E-state index >= 15 is 0 Å². The molecule has 0 bridgehead atoms. The zero-order valence-corrected chi connectivity index (χ0v) is 32.1. The summed E-state index contributed by atoms with van der Waals surface area (Å²) in [4.78, 5) is 34.0. The standard InChI is InChI=1S/C45H34N7.Ir/c1-28-5-13-33(14-6-28)40-47-41(34-15-7-29(2)8-16-34)49-44(48-40)37-23-21-32(22-24-37)39-26-25-38(27-46-39)45-51-42(35-17-9-30(3)10-18-35)50-43(52-45)36-19-11-31(4)12-20-36;/h5-21,23-27H,1-4H3;/q-1;. The summed E-state index contributed by atoms with van der Waals surface area (Å²) in [6.45, 7) is 8.27. The minimum absolute atomic E-state index is 0. The van der Waals surface area contributed by atoms with Gasteiger partial charge in [-0.05, 0) is 33.4 Å². The smallest absolute Gasteiger partial charge is 0.165 e. The summed E-state index contributed by atoms with van der Waals surface area (Å²) in [5.41, 5.74) is 11.7. The van der Waals surface area contributed by atoms with Crippen molar-refractivity contribution in [3.8, 4) is 79.6 Å². The topological polar surface area (TPSA) is 90.2 Å². The number of hydrogen-bond acceptors (Lipinski definition) is 7. The fourth-order valence-corrected chi connectivity index (χ4v) is 5.75. The van der Waals surface area contributed by atoms with E-state index in [0.717, 1.165) is 44.6 Å². The Kier molecular flexibility index (Phi) is 10.2. The third-order valence-electron chi connectivity index (χ3n) is 8.88. The molecule has 3 heterocycles. The Morgan fingerprint density at radius 3 is 0.943 bits per heavy atom. The summed E-state index contributed by atoms with van der Waals surface area (Å²) in [5.74, 6) is 3.61. The van der Waals surface area contributed by atoms with Crippen LogP contribution in [-0.2, 0) is 20.1 Å². The third-order valence-corrected chi connectivity index (χ3v) is 8.88. The summed E-state index contributed by atoms with van der Waals surface area (Å²) < 4.78 is 0. The van der Waals surface area contributed by atoms with Crippen LogP contribution in [0.4, 0.5) is 0 Å². The van der Waals surface area contributed by atoms with Gasteiger partial charge in [0.1, 0.15) is 5.82 Å². The van der Waals surface area contributed by atoms with Crippen LogP contribution in [0.3, 0.4) is 0 Å². The van der Waals surface area contributed by atoms with E-state index in [0.29, 0.717) is 34.9 Å². The van der Waals surface area contributed by atoms with Crippen LogP contribution < -0.4 is 0 Å². The van der Waals surface area contributed by atoms with Crippen LogP contribution in [0, 0.1) is 33.8 Å². The molecule has 3 aromatic heterocycles. The summed E-state index contributed by atoms with van der Waals surface area (Å²) in [7, 11) is 0. The van der Waals surface area contributed by atoms with Gasteiger partial charge >= 0.3 is 0 Å². The van der Waals surface area contributed by atoms with Crippen LogP contribution in [0.5, 0.6) is 0 Å². The fourth-order valence-electron chi connectivity index (χ4n) is 5.75. The van der Waals surface area contributed by atoms with Crippen molar-refractivity contribution in [1.82, 2.24) is 34.9 Å². The molecule has 0 aliphatic rings. The second-order valence-electron chi connectivity index (χ2n) is 13.0. The molecule has 0 unspecified atom stereocenters. The Balaban J connectivity index is 0.00000435. The van der Waals surface area contributed by atoms with Crippen LogP contribution in [0.15, 0.2) is 134 Å². The number of nitrogens with zero attached hydrogens (tertiary/aromatic N) is 7. The van der Waals surface area contributed by atoms with E-state index in [4.69, 9.17) is 34.9 Å². The van der Waals surface area contributed by atoms with Gasteiger partial charge in [0.25, 0.3) is 0 Å². The average Bonchev–Trinajstić information content (AvgIpc) is 3.19. The Labute approximate surface area is 322 Å². The van der Waals surface area contributed by atoms with E-state index in [1.54, 1.807) is 6.20 Å². The first-order valence-corrected chi connectivity index (χ1v) is 17.1. The Hall–Kier alpha value is -6.08. The first-order valence-electron chi connectivity index (χ1n) is 17.1. The number of rotatable bonds is 7. The normalized spacial score (nSPS) is 10.9. The molecular formula is C45H34IrN7-. The predicted octanol–water partition coefficient (Wildman–Crippen LogP) is 10.2. The van der Waals surface area contributed by atoms with Gasteiger partial charge in [-0.2, -0.15) is 0 Å². The van der Waals surface area contributed by atoms with Crippen LogP contribution >= 0.6 is 0 Å². The molecule has 0 amide bonds. The molecule has 7 nitrogen and oxygen atoms in total. The second kappa shape index (κ2) is 15.3. The van der Waals surface area contributed by atoms with Gasteiger partial charge in [-0.25, -0.2) is 29.9 Å². The van der Waals surface area contributed by atoms with Crippen molar-refractivity contribution in [2.45, 2.75) is 27.7 Å². The first-order chi connectivity index (χ1) is 25.3. The quantitative estimate of drug-likeness (QED) is 0.147. The minimum atomic E-state index is 0. The molecule has 8 heteroatoms. The van der Waals surface area contributed by atoms with Crippen molar-refractivity contribution >= 4 is 0 Å². The Bertz CT molecular complexity index is 2190. The van der Waals surface area contributed by atoms with Crippen LogP contribution in [0.1, 0.15) is 22.3 Å². The molecule has 0 N–H and O–H groups in total. The fraction of sp³-hybridized carbons (Fsp3) is 0.0889. The molecule has 0 aliphatic heterocycles. The molecule has 0 saturated carbocycles. The zero-order valence-electron chi connectivity index (χ0n) is 29.7. The van der Waals surface area contributed by atoms with Crippen molar-refractivity contribution in [2.75, 3.05) is 0 Å². The number of aromatic nitrogens is 7. The van der Waals surface area contributed by atoms with Gasteiger partial charge in [0.15, 0.2) is 29.1 Å². The molecule has 8 aromatic rings. The van der Waals surface area contributed by atoms with Gasteiger partial charge in [0.05, 0.1) is 0 Å². The van der Waals surface area contributed by atoms with E-state index in [-0.39, 0.29) is 20.1 Å². The molecule has 53 heavy (non-hydrogen) atoms. The van der Waals surface area contributed by atoms with Crippen molar-refractivity contribution in [3.63, 3.8) is 0 Å². The second-order valence-corrected chi connectivity index (χ2v) is 13.0. The number of benzene rings is 5. The summed E-state index contributed by atoms with van der Waals surface area (Å²) >= 11 is 0. The molecule has 5 aromatic carbocycles. The molecule has 0 fully saturated rings. The van der Waals surface area contributed by atoms with E-state index in [1.807, 2.05) is 78.9 Å². The van der Waals surface area contributed by atoms with E-state index in [9.17, 15) is 0 Å². The molecule has 0 atom stereocenters. The molecule has 1 radical (unpaired) electrons. The van der Waals surface area contributed by atoms with Gasteiger partial charge in [-0.1, -0.05) is 137 Å². The average molecular weight is 865 g/mol. The molecule has 8 rings (SSSR count).